The van der Waals surface area contributed by atoms with Crippen molar-refractivity contribution < 1.29 is 27.5 Å². The maximum Gasteiger partial charge on any atom is 0.259 e. The van der Waals surface area contributed by atoms with Crippen LogP contribution in [0.2, 0.25) is 0 Å². The molecule has 1 aromatic heterocycles. The van der Waals surface area contributed by atoms with Gasteiger partial charge in [-0.05, 0) is 31.4 Å². The van der Waals surface area contributed by atoms with Crippen molar-refractivity contribution in [1.29, 1.82) is 0 Å². The van der Waals surface area contributed by atoms with Crippen LogP contribution in [0.4, 0.5) is 0 Å². The van der Waals surface area contributed by atoms with Crippen molar-refractivity contribution in [3.63, 3.8) is 0 Å². The lowest BCUT2D eigenvalue weighted by Crippen LogP contribution is -2.55. The van der Waals surface area contributed by atoms with Crippen LogP contribution < -0.4 is 24.8 Å². The van der Waals surface area contributed by atoms with Gasteiger partial charge in [0.25, 0.3) is 5.91 Å². The molecule has 3 fully saturated rings. The van der Waals surface area contributed by atoms with Gasteiger partial charge in [0.05, 0.1) is 29.6 Å². The number of aromatic nitrogens is 1. The van der Waals surface area contributed by atoms with E-state index in [9.17, 15) is 18.0 Å². The fourth-order valence-corrected chi connectivity index (χ4v) is 6.72. The normalized spacial score (nSPS) is 25.3. The minimum Gasteiger partial charge on any atom is -0.497 e. The molecule has 2 aliphatic carbocycles. The number of nitrogens with one attached hydrogen (secondary N) is 3. The van der Waals surface area contributed by atoms with Gasteiger partial charge in [-0.1, -0.05) is 36.4 Å². The molecule has 2 saturated carbocycles. The fraction of sp³-hybridized carbons (Fsp3) is 0.367. The van der Waals surface area contributed by atoms with Crippen molar-refractivity contribution in [2.75, 3.05) is 13.7 Å². The molecule has 3 aliphatic rings. The van der Waals surface area contributed by atoms with E-state index >= 15 is 0 Å². The van der Waals surface area contributed by atoms with E-state index in [1.165, 1.54) is 0 Å². The second kappa shape index (κ2) is 10.5. The van der Waals surface area contributed by atoms with Crippen LogP contribution in [0.25, 0.3) is 22.2 Å². The van der Waals surface area contributed by atoms with Gasteiger partial charge >= 0.3 is 0 Å². The Morgan fingerprint density at radius 3 is 2.61 bits per heavy atom. The Morgan fingerprint density at radius 2 is 1.93 bits per heavy atom. The summed E-state index contributed by atoms with van der Waals surface area (Å²) >= 11 is 0. The zero-order valence-corrected chi connectivity index (χ0v) is 23.4. The summed E-state index contributed by atoms with van der Waals surface area (Å²) in [5, 5.41) is 6.29. The Morgan fingerprint density at radius 1 is 1.15 bits per heavy atom. The number of pyridine rings is 1. The zero-order valence-electron chi connectivity index (χ0n) is 22.6. The number of nitrogens with zero attached hydrogens (tertiary/aromatic N) is 1. The van der Waals surface area contributed by atoms with Crippen molar-refractivity contribution in [1.82, 2.24) is 20.3 Å². The first-order chi connectivity index (χ1) is 19.7. The van der Waals surface area contributed by atoms with Crippen LogP contribution in [0.5, 0.6) is 11.5 Å². The number of ether oxygens (including phenoxy) is 2. The van der Waals surface area contributed by atoms with Crippen molar-refractivity contribution in [3.8, 4) is 22.8 Å². The molecule has 41 heavy (non-hydrogen) atoms. The first-order valence-corrected chi connectivity index (χ1v) is 15.2. The highest BCUT2D eigenvalue weighted by Gasteiger charge is 2.61. The molecular formula is C30H32N4O6S. The molecule has 1 saturated heterocycles. The highest BCUT2D eigenvalue weighted by Crippen LogP contribution is 2.45. The minimum atomic E-state index is -3.74. The highest BCUT2D eigenvalue weighted by molar-refractivity contribution is 7.91. The molecule has 10 nitrogen and oxygen atoms in total. The smallest absolute Gasteiger partial charge is 0.259 e. The lowest BCUT2D eigenvalue weighted by atomic mass is 10.1. The molecule has 2 heterocycles. The molecule has 2 aromatic carbocycles. The van der Waals surface area contributed by atoms with Crippen molar-refractivity contribution in [3.05, 3.63) is 67.3 Å². The number of rotatable bonds is 10. The molecule has 6 rings (SSSR count). The molecule has 11 heteroatoms. The largest absolute Gasteiger partial charge is 0.497 e. The van der Waals surface area contributed by atoms with Gasteiger partial charge in [0.2, 0.25) is 15.9 Å². The number of sulfonamides is 1. The number of methoxy groups -OCH3 is 1. The van der Waals surface area contributed by atoms with Crippen LogP contribution >= 0.6 is 0 Å². The summed E-state index contributed by atoms with van der Waals surface area (Å²) in [6, 6.07) is 16.7. The van der Waals surface area contributed by atoms with E-state index in [1.54, 1.807) is 13.2 Å². The second-order valence-electron chi connectivity index (χ2n) is 10.9. The number of fused-ring (bicyclic) bond motifs is 1. The first-order valence-electron chi connectivity index (χ1n) is 13.7. The minimum absolute atomic E-state index is 0.301. The fourth-order valence-electron chi connectivity index (χ4n) is 5.35. The molecule has 0 unspecified atom stereocenters. The lowest BCUT2D eigenvalue weighted by Gasteiger charge is -2.21. The molecule has 0 bridgehead atoms. The van der Waals surface area contributed by atoms with Crippen molar-refractivity contribution in [2.24, 2.45) is 5.92 Å². The van der Waals surface area contributed by atoms with Crippen molar-refractivity contribution in [2.45, 2.75) is 48.6 Å². The Hall–Kier alpha value is -3.96. The average molecular weight is 577 g/mol. The number of benzene rings is 2. The Kier molecular flexibility index (Phi) is 6.95. The van der Waals surface area contributed by atoms with Crippen LogP contribution in [0, 0.1) is 5.92 Å². The topological polar surface area (TPSA) is 136 Å². The summed E-state index contributed by atoms with van der Waals surface area (Å²) in [4.78, 5) is 31.1. The van der Waals surface area contributed by atoms with Crippen LogP contribution in [0.3, 0.4) is 0 Å². The Bertz CT molecular complexity index is 1620. The van der Waals surface area contributed by atoms with Crippen LogP contribution in [-0.4, -0.2) is 61.8 Å². The van der Waals surface area contributed by atoms with Crippen LogP contribution in [0.15, 0.2) is 67.3 Å². The monoisotopic (exact) mass is 576 g/mol. The van der Waals surface area contributed by atoms with Gasteiger partial charge in [0, 0.05) is 42.0 Å². The summed E-state index contributed by atoms with van der Waals surface area (Å²) in [7, 11) is -2.13. The summed E-state index contributed by atoms with van der Waals surface area (Å²) in [5.74, 6) is -0.110. The lowest BCUT2D eigenvalue weighted by molar-refractivity contribution is -0.130. The zero-order chi connectivity index (χ0) is 28.8. The summed E-state index contributed by atoms with van der Waals surface area (Å²) < 4.78 is 38.7. The number of hydrogen-bond donors (Lipinski definition) is 3. The molecule has 1 aliphatic heterocycles. The third-order valence-corrected chi connectivity index (χ3v) is 9.82. The van der Waals surface area contributed by atoms with Crippen LogP contribution in [0.1, 0.15) is 25.7 Å². The van der Waals surface area contributed by atoms with Gasteiger partial charge in [0.1, 0.15) is 23.1 Å². The van der Waals surface area contributed by atoms with Gasteiger partial charge in [-0.2, -0.15) is 0 Å². The predicted octanol–water partition coefficient (Wildman–Crippen LogP) is 2.69. The van der Waals surface area contributed by atoms with Gasteiger partial charge < -0.3 is 20.1 Å². The second-order valence-corrected chi connectivity index (χ2v) is 12.8. The maximum absolute atomic E-state index is 13.3. The first kappa shape index (κ1) is 27.2. The van der Waals surface area contributed by atoms with Crippen molar-refractivity contribution >= 4 is 32.7 Å². The third-order valence-electron chi connectivity index (χ3n) is 8.00. The van der Waals surface area contributed by atoms with Crippen LogP contribution in [-0.2, 0) is 19.6 Å². The molecule has 3 N–H and O–H groups in total. The SMILES string of the molecule is C=C[C@@H]1C[C@]1(NC(=O)[C@@H]1C[C@@H](Oc2cc(-c3ccccc3)nc3cc(OC)ccc23)CN1)C(=O)NS(=O)(=O)C1CC1. The van der Waals surface area contributed by atoms with Gasteiger partial charge in [-0.15, -0.1) is 6.58 Å². The maximum atomic E-state index is 13.3. The number of hydrogen-bond acceptors (Lipinski definition) is 8. The van der Waals surface area contributed by atoms with E-state index in [4.69, 9.17) is 14.5 Å². The van der Waals surface area contributed by atoms with E-state index in [0.717, 1.165) is 22.2 Å². The quantitative estimate of drug-likeness (QED) is 0.314. The van der Waals surface area contributed by atoms with E-state index in [0.29, 0.717) is 43.7 Å². The predicted molar refractivity (Wildman–Crippen MR) is 154 cm³/mol. The third kappa shape index (κ3) is 5.39. The van der Waals surface area contributed by atoms with Gasteiger partial charge in [-0.3, -0.25) is 14.3 Å². The van der Waals surface area contributed by atoms with Gasteiger partial charge in [0.15, 0.2) is 0 Å². The molecule has 0 radical (unpaired) electrons. The summed E-state index contributed by atoms with van der Waals surface area (Å²) in [5.41, 5.74) is 1.10. The molecule has 0 spiro atoms. The molecule has 214 valence electrons. The molecule has 4 atom stereocenters. The molecular weight excluding hydrogens is 544 g/mol. The number of carbonyl (C=O) groups is 2. The molecule has 2 amide bonds. The summed E-state index contributed by atoms with van der Waals surface area (Å²) in [6.07, 6.45) is 2.99. The summed E-state index contributed by atoms with van der Waals surface area (Å²) in [6.45, 7) is 4.16. The highest BCUT2D eigenvalue weighted by atomic mass is 32.2. The number of carbonyl (C=O) groups excluding carboxylic acids is 2. The Balaban J connectivity index is 1.17. The molecule has 3 aromatic rings. The number of amides is 2. The van der Waals surface area contributed by atoms with E-state index < -0.39 is 32.8 Å². The Labute approximate surface area is 238 Å². The van der Waals surface area contributed by atoms with E-state index in [-0.39, 0.29) is 17.9 Å². The van der Waals surface area contributed by atoms with E-state index in [2.05, 4.69) is 21.9 Å². The van der Waals surface area contributed by atoms with E-state index in [1.807, 2.05) is 54.6 Å². The average Bonchev–Trinajstić information content (AvgIpc) is 3.90. The van der Waals surface area contributed by atoms with Gasteiger partial charge in [-0.25, -0.2) is 13.4 Å². The standard InChI is InChI=1S/C30H32N4O6S/c1-3-19-16-30(19,29(36)34-41(37,38)22-10-11-22)33-28(35)26-14-21(17-31-26)40-27-15-24(18-7-5-4-6-8-18)32-25-13-20(39-2)9-12-23(25)27/h3-9,12-13,15,19,21-22,26,31H,1,10-11,14,16-17H2,2H3,(H,33,35)(H,34,36)/t19-,21-,26+,30-/m1/s1.